The largest absolute Gasteiger partial charge is 0.362 e. The fourth-order valence-electron chi connectivity index (χ4n) is 1.81. The van der Waals surface area contributed by atoms with Crippen molar-refractivity contribution in [2.24, 2.45) is 0 Å². The Morgan fingerprint density at radius 3 is 2.48 bits per heavy atom. The van der Waals surface area contributed by atoms with E-state index >= 15 is 0 Å². The SMILES string of the molecule is Cc1ccc(NC(=S)NCCSCc2ccccc2)cc1. The van der Waals surface area contributed by atoms with Crippen LogP contribution in [0.2, 0.25) is 0 Å². The second kappa shape index (κ2) is 8.70. The lowest BCUT2D eigenvalue weighted by molar-refractivity contribution is 0.990. The monoisotopic (exact) mass is 316 g/mol. The van der Waals surface area contributed by atoms with E-state index in [1.807, 2.05) is 30.0 Å². The molecular formula is C17H20N2S2. The van der Waals surface area contributed by atoms with Gasteiger partial charge in [-0.3, -0.25) is 0 Å². The minimum atomic E-state index is 0.680. The van der Waals surface area contributed by atoms with E-state index in [4.69, 9.17) is 12.2 Å². The molecule has 2 rings (SSSR count). The topological polar surface area (TPSA) is 24.1 Å². The summed E-state index contributed by atoms with van der Waals surface area (Å²) in [7, 11) is 0. The molecule has 0 saturated heterocycles. The van der Waals surface area contributed by atoms with Gasteiger partial charge < -0.3 is 10.6 Å². The average Bonchev–Trinajstić information content (AvgIpc) is 2.50. The average molecular weight is 316 g/mol. The van der Waals surface area contributed by atoms with Crippen LogP contribution in [0.15, 0.2) is 54.6 Å². The minimum absolute atomic E-state index is 0.680. The van der Waals surface area contributed by atoms with Gasteiger partial charge >= 0.3 is 0 Å². The van der Waals surface area contributed by atoms with E-state index in [9.17, 15) is 0 Å². The molecule has 0 fully saturated rings. The van der Waals surface area contributed by atoms with E-state index in [-0.39, 0.29) is 0 Å². The quantitative estimate of drug-likeness (QED) is 0.616. The molecule has 0 amide bonds. The summed E-state index contributed by atoms with van der Waals surface area (Å²) in [5, 5.41) is 7.10. The number of benzene rings is 2. The molecule has 0 aliphatic rings. The van der Waals surface area contributed by atoms with E-state index in [1.54, 1.807) is 0 Å². The molecule has 0 saturated carbocycles. The number of rotatable bonds is 6. The summed E-state index contributed by atoms with van der Waals surface area (Å²) in [4.78, 5) is 0. The van der Waals surface area contributed by atoms with Crippen LogP contribution >= 0.6 is 24.0 Å². The van der Waals surface area contributed by atoms with Gasteiger partial charge in [-0.15, -0.1) is 0 Å². The second-order valence-electron chi connectivity index (χ2n) is 4.79. The molecular weight excluding hydrogens is 296 g/mol. The Morgan fingerprint density at radius 1 is 1.05 bits per heavy atom. The number of thioether (sulfide) groups is 1. The maximum atomic E-state index is 5.28. The fourth-order valence-corrected chi connectivity index (χ4v) is 2.85. The number of hydrogen-bond donors (Lipinski definition) is 2. The lowest BCUT2D eigenvalue weighted by atomic mass is 10.2. The maximum absolute atomic E-state index is 5.28. The summed E-state index contributed by atoms with van der Waals surface area (Å²) in [5.74, 6) is 2.07. The third kappa shape index (κ3) is 6.19. The molecule has 2 N–H and O–H groups in total. The highest BCUT2D eigenvalue weighted by Crippen LogP contribution is 2.11. The molecule has 0 atom stereocenters. The van der Waals surface area contributed by atoms with Gasteiger partial charge in [-0.25, -0.2) is 0 Å². The molecule has 0 bridgehead atoms. The van der Waals surface area contributed by atoms with Crippen LogP contribution in [-0.4, -0.2) is 17.4 Å². The Balaban J connectivity index is 1.60. The predicted octanol–water partition coefficient (Wildman–Crippen LogP) is 4.21. The van der Waals surface area contributed by atoms with Crippen molar-refractivity contribution in [3.8, 4) is 0 Å². The number of hydrogen-bond acceptors (Lipinski definition) is 2. The lowest BCUT2D eigenvalue weighted by Crippen LogP contribution is -2.30. The van der Waals surface area contributed by atoms with Crippen molar-refractivity contribution in [1.29, 1.82) is 0 Å². The van der Waals surface area contributed by atoms with Gasteiger partial charge in [0.05, 0.1) is 0 Å². The number of nitrogens with one attached hydrogen (secondary N) is 2. The van der Waals surface area contributed by atoms with E-state index < -0.39 is 0 Å². The maximum Gasteiger partial charge on any atom is 0.170 e. The Hall–Kier alpha value is -1.52. The van der Waals surface area contributed by atoms with Crippen LogP contribution < -0.4 is 10.6 Å². The van der Waals surface area contributed by atoms with E-state index in [0.717, 1.165) is 23.7 Å². The Labute approximate surface area is 136 Å². The summed E-state index contributed by atoms with van der Waals surface area (Å²) in [5.41, 5.74) is 3.63. The first-order chi connectivity index (χ1) is 10.2. The highest BCUT2D eigenvalue weighted by atomic mass is 32.2. The summed E-state index contributed by atoms with van der Waals surface area (Å²) in [6, 6.07) is 18.7. The van der Waals surface area contributed by atoms with Crippen LogP contribution in [0.4, 0.5) is 5.69 Å². The van der Waals surface area contributed by atoms with Crippen LogP contribution in [0.5, 0.6) is 0 Å². The predicted molar refractivity (Wildman–Crippen MR) is 98.0 cm³/mol. The van der Waals surface area contributed by atoms with Gasteiger partial charge in [0.15, 0.2) is 5.11 Å². The first kappa shape index (κ1) is 15.9. The van der Waals surface area contributed by atoms with Gasteiger partial charge in [-0.05, 0) is 36.8 Å². The molecule has 0 heterocycles. The molecule has 2 nitrogen and oxygen atoms in total. The van der Waals surface area contributed by atoms with E-state index in [1.165, 1.54) is 11.1 Å². The summed E-state index contributed by atoms with van der Waals surface area (Å²) < 4.78 is 0. The molecule has 0 aliphatic heterocycles. The van der Waals surface area contributed by atoms with Crippen LogP contribution in [0, 0.1) is 6.92 Å². The lowest BCUT2D eigenvalue weighted by Gasteiger charge is -2.10. The molecule has 0 aromatic heterocycles. The van der Waals surface area contributed by atoms with Crippen molar-refractivity contribution >= 4 is 34.8 Å². The van der Waals surface area contributed by atoms with Crippen molar-refractivity contribution in [1.82, 2.24) is 5.32 Å². The van der Waals surface area contributed by atoms with Gasteiger partial charge in [0.25, 0.3) is 0 Å². The van der Waals surface area contributed by atoms with Gasteiger partial charge in [0.2, 0.25) is 0 Å². The van der Waals surface area contributed by atoms with Gasteiger partial charge in [-0.2, -0.15) is 11.8 Å². The Morgan fingerprint density at radius 2 is 1.76 bits per heavy atom. The van der Waals surface area contributed by atoms with Crippen LogP contribution in [0.25, 0.3) is 0 Å². The Bertz CT molecular complexity index is 553. The van der Waals surface area contributed by atoms with Crippen LogP contribution in [0.3, 0.4) is 0 Å². The summed E-state index contributed by atoms with van der Waals surface area (Å²) in [6.45, 7) is 2.94. The summed E-state index contributed by atoms with van der Waals surface area (Å²) >= 11 is 7.19. The molecule has 0 spiro atoms. The standard InChI is InChI=1S/C17H20N2S2/c1-14-7-9-16(10-8-14)19-17(20)18-11-12-21-13-15-5-3-2-4-6-15/h2-10H,11-13H2,1H3,(H2,18,19,20). The highest BCUT2D eigenvalue weighted by molar-refractivity contribution is 7.98. The first-order valence-electron chi connectivity index (χ1n) is 6.97. The zero-order valence-corrected chi connectivity index (χ0v) is 13.8. The molecule has 2 aromatic rings. The van der Waals surface area contributed by atoms with Crippen molar-refractivity contribution in [2.45, 2.75) is 12.7 Å². The van der Waals surface area contributed by atoms with Crippen LogP contribution in [0.1, 0.15) is 11.1 Å². The van der Waals surface area contributed by atoms with Gasteiger partial charge in [0, 0.05) is 23.7 Å². The number of aryl methyl sites for hydroxylation is 1. The second-order valence-corrected chi connectivity index (χ2v) is 6.30. The zero-order chi connectivity index (χ0) is 14.9. The van der Waals surface area contributed by atoms with E-state index in [0.29, 0.717) is 5.11 Å². The number of thiocarbonyl (C=S) groups is 1. The minimum Gasteiger partial charge on any atom is -0.362 e. The highest BCUT2D eigenvalue weighted by Gasteiger charge is 1.97. The van der Waals surface area contributed by atoms with Crippen molar-refractivity contribution < 1.29 is 0 Å². The van der Waals surface area contributed by atoms with Crippen molar-refractivity contribution in [2.75, 3.05) is 17.6 Å². The zero-order valence-electron chi connectivity index (χ0n) is 12.1. The third-order valence-corrected chi connectivity index (χ3v) is 4.23. The first-order valence-corrected chi connectivity index (χ1v) is 8.53. The van der Waals surface area contributed by atoms with Crippen molar-refractivity contribution in [3.63, 3.8) is 0 Å². The third-order valence-electron chi connectivity index (χ3n) is 2.95. The van der Waals surface area contributed by atoms with Crippen molar-refractivity contribution in [3.05, 3.63) is 65.7 Å². The van der Waals surface area contributed by atoms with Crippen LogP contribution in [-0.2, 0) is 5.75 Å². The normalized spacial score (nSPS) is 10.1. The van der Waals surface area contributed by atoms with Gasteiger partial charge in [-0.1, -0.05) is 48.0 Å². The molecule has 110 valence electrons. The summed E-state index contributed by atoms with van der Waals surface area (Å²) in [6.07, 6.45) is 0. The molecule has 21 heavy (non-hydrogen) atoms. The molecule has 0 aliphatic carbocycles. The number of anilines is 1. The van der Waals surface area contributed by atoms with Gasteiger partial charge in [0.1, 0.15) is 0 Å². The smallest absolute Gasteiger partial charge is 0.170 e. The molecule has 2 aromatic carbocycles. The van der Waals surface area contributed by atoms with E-state index in [2.05, 4.69) is 54.0 Å². The Kier molecular flexibility index (Phi) is 6.57. The molecule has 0 unspecified atom stereocenters. The molecule has 4 heteroatoms. The fraction of sp³-hybridized carbons (Fsp3) is 0.235. The molecule has 0 radical (unpaired) electrons.